The van der Waals surface area contributed by atoms with Crippen LogP contribution in [0.5, 0.6) is 0 Å². The number of amides is 2. The second-order valence-corrected chi connectivity index (χ2v) is 5.02. The largest absolute Gasteiger partial charge is 0.480 e. The molecule has 0 heterocycles. The maximum Gasteiger partial charge on any atom is 0.322 e. The zero-order chi connectivity index (χ0) is 16.5. The van der Waals surface area contributed by atoms with E-state index in [1.165, 1.54) is 0 Å². The molecule has 0 unspecified atom stereocenters. The first-order valence-electron chi connectivity index (χ1n) is 6.64. The minimum Gasteiger partial charge on any atom is -0.480 e. The highest BCUT2D eigenvalue weighted by Gasteiger charge is 2.23. The molecule has 0 saturated carbocycles. The van der Waals surface area contributed by atoms with Crippen molar-refractivity contribution in [2.24, 2.45) is 5.73 Å². The Balaban J connectivity index is 2.53. The number of aliphatic carboxylic acids is 1. The van der Waals surface area contributed by atoms with Crippen LogP contribution in [0.4, 0.5) is 0 Å². The zero-order valence-electron chi connectivity index (χ0n) is 11.9. The van der Waals surface area contributed by atoms with E-state index in [1.807, 2.05) is 30.3 Å². The lowest BCUT2D eigenvalue weighted by Crippen LogP contribution is -2.53. The Morgan fingerprint density at radius 1 is 1.18 bits per heavy atom. The lowest BCUT2D eigenvalue weighted by Gasteiger charge is -2.18. The number of hydrogen-bond acceptors (Lipinski definition) is 5. The highest BCUT2D eigenvalue weighted by Crippen LogP contribution is 2.02. The molecule has 0 aliphatic carbocycles. The third kappa shape index (κ3) is 6.15. The van der Waals surface area contributed by atoms with Crippen molar-refractivity contribution >= 4 is 30.4 Å². The monoisotopic (exact) mass is 325 g/mol. The summed E-state index contributed by atoms with van der Waals surface area (Å²) in [7, 11) is 0. The summed E-state index contributed by atoms with van der Waals surface area (Å²) in [5.74, 6) is -2.24. The van der Waals surface area contributed by atoms with Gasteiger partial charge in [0.05, 0.1) is 6.04 Å². The van der Waals surface area contributed by atoms with Crippen LogP contribution in [0.2, 0.25) is 0 Å². The zero-order valence-corrected chi connectivity index (χ0v) is 12.8. The summed E-state index contributed by atoms with van der Waals surface area (Å²) in [6.45, 7) is -0.519. The smallest absolute Gasteiger partial charge is 0.322 e. The molecule has 2 amide bonds. The van der Waals surface area contributed by atoms with Crippen molar-refractivity contribution < 1.29 is 19.5 Å². The first kappa shape index (κ1) is 18.0. The minimum atomic E-state index is -1.17. The fourth-order valence-electron chi connectivity index (χ4n) is 1.72. The Morgan fingerprint density at radius 3 is 2.36 bits per heavy atom. The standard InChI is InChI=1S/C14H19N3O4S/c15-10(6-9-4-2-1-3-5-9)13(20)17-11(8-22)14(21)16-7-12(18)19/h1-5,10-11,22H,6-8,15H2,(H,16,21)(H,17,20)(H,18,19)/t10-,11+/m0/s1. The van der Waals surface area contributed by atoms with Crippen molar-refractivity contribution in [2.75, 3.05) is 12.3 Å². The van der Waals surface area contributed by atoms with Crippen LogP contribution in [0, 0.1) is 0 Å². The molecule has 1 aromatic rings. The molecule has 0 aliphatic heterocycles. The van der Waals surface area contributed by atoms with E-state index in [9.17, 15) is 14.4 Å². The van der Waals surface area contributed by atoms with E-state index in [0.717, 1.165) is 5.56 Å². The molecule has 0 bridgehead atoms. The summed E-state index contributed by atoms with van der Waals surface area (Å²) >= 11 is 3.98. The third-order valence-electron chi connectivity index (χ3n) is 2.86. The van der Waals surface area contributed by atoms with E-state index in [0.29, 0.717) is 6.42 Å². The van der Waals surface area contributed by atoms with E-state index in [-0.39, 0.29) is 5.75 Å². The molecule has 0 aromatic heterocycles. The Kier molecular flexibility index (Phi) is 7.41. The summed E-state index contributed by atoms with van der Waals surface area (Å²) in [5, 5.41) is 13.2. The molecule has 5 N–H and O–H groups in total. The molecular formula is C14H19N3O4S. The number of carboxylic acid groups (broad SMARTS) is 1. The second-order valence-electron chi connectivity index (χ2n) is 4.65. The maximum absolute atomic E-state index is 12.0. The SMILES string of the molecule is N[C@@H](Cc1ccccc1)C(=O)N[C@H](CS)C(=O)NCC(=O)O. The van der Waals surface area contributed by atoms with E-state index >= 15 is 0 Å². The van der Waals surface area contributed by atoms with Gasteiger partial charge < -0.3 is 21.5 Å². The predicted octanol–water partition coefficient (Wildman–Crippen LogP) is -0.828. The fourth-order valence-corrected chi connectivity index (χ4v) is 1.98. The average molecular weight is 325 g/mol. The van der Waals surface area contributed by atoms with Crippen molar-refractivity contribution in [2.45, 2.75) is 18.5 Å². The number of carboxylic acids is 1. The lowest BCUT2D eigenvalue weighted by molar-refractivity contribution is -0.138. The van der Waals surface area contributed by atoms with Crippen LogP contribution in [0.25, 0.3) is 0 Å². The molecule has 1 rings (SSSR count). The second kappa shape index (κ2) is 9.06. The highest BCUT2D eigenvalue weighted by molar-refractivity contribution is 7.80. The van der Waals surface area contributed by atoms with Crippen LogP contribution >= 0.6 is 12.6 Å². The minimum absolute atomic E-state index is 0.0370. The van der Waals surface area contributed by atoms with Gasteiger partial charge in [0.2, 0.25) is 11.8 Å². The summed E-state index contributed by atoms with van der Waals surface area (Å²) in [4.78, 5) is 34.1. The molecule has 0 aliphatic rings. The molecule has 1 aromatic carbocycles. The van der Waals surface area contributed by atoms with Gasteiger partial charge >= 0.3 is 5.97 Å². The fraction of sp³-hybridized carbons (Fsp3) is 0.357. The summed E-state index contributed by atoms with van der Waals surface area (Å²) in [5.41, 5.74) is 6.72. The Labute approximate surface area is 133 Å². The first-order chi connectivity index (χ1) is 10.4. The number of hydrogen-bond donors (Lipinski definition) is 5. The van der Waals surface area contributed by atoms with Crippen molar-refractivity contribution in [1.29, 1.82) is 0 Å². The van der Waals surface area contributed by atoms with Crippen LogP contribution in [0.3, 0.4) is 0 Å². The summed E-state index contributed by atoms with van der Waals surface area (Å²) < 4.78 is 0. The topological polar surface area (TPSA) is 122 Å². The van der Waals surface area contributed by atoms with Gasteiger partial charge in [-0.2, -0.15) is 12.6 Å². The molecule has 0 saturated heterocycles. The van der Waals surface area contributed by atoms with Gasteiger partial charge in [-0.05, 0) is 12.0 Å². The van der Waals surface area contributed by atoms with Gasteiger partial charge in [-0.3, -0.25) is 14.4 Å². The van der Waals surface area contributed by atoms with Gasteiger partial charge in [0.1, 0.15) is 12.6 Å². The van der Waals surface area contributed by atoms with Gasteiger partial charge in [-0.25, -0.2) is 0 Å². The Bertz CT molecular complexity index is 524. The van der Waals surface area contributed by atoms with Crippen molar-refractivity contribution in [3.63, 3.8) is 0 Å². The number of carbonyl (C=O) groups is 3. The third-order valence-corrected chi connectivity index (χ3v) is 3.23. The number of rotatable bonds is 8. The molecular weight excluding hydrogens is 306 g/mol. The molecule has 0 spiro atoms. The van der Waals surface area contributed by atoms with Gasteiger partial charge in [-0.15, -0.1) is 0 Å². The van der Waals surface area contributed by atoms with Gasteiger partial charge in [-0.1, -0.05) is 30.3 Å². The van der Waals surface area contributed by atoms with Crippen LogP contribution in [0.15, 0.2) is 30.3 Å². The molecule has 0 radical (unpaired) electrons. The molecule has 8 heteroatoms. The van der Waals surface area contributed by atoms with E-state index in [1.54, 1.807) is 0 Å². The molecule has 22 heavy (non-hydrogen) atoms. The summed E-state index contributed by atoms with van der Waals surface area (Å²) in [6, 6.07) is 7.50. The number of nitrogens with one attached hydrogen (secondary N) is 2. The molecule has 7 nitrogen and oxygen atoms in total. The molecule has 0 fully saturated rings. The average Bonchev–Trinajstić information content (AvgIpc) is 2.50. The molecule has 120 valence electrons. The normalized spacial score (nSPS) is 13.0. The Hall–Kier alpha value is -2.06. The number of thiol groups is 1. The highest BCUT2D eigenvalue weighted by atomic mass is 32.1. The van der Waals surface area contributed by atoms with Crippen molar-refractivity contribution in [3.05, 3.63) is 35.9 Å². The van der Waals surface area contributed by atoms with E-state index in [4.69, 9.17) is 10.8 Å². The van der Waals surface area contributed by atoms with Gasteiger partial charge in [0.25, 0.3) is 0 Å². The van der Waals surface area contributed by atoms with Crippen LogP contribution in [-0.4, -0.2) is 47.3 Å². The predicted molar refractivity (Wildman–Crippen MR) is 84.6 cm³/mol. The number of carbonyl (C=O) groups excluding carboxylic acids is 2. The van der Waals surface area contributed by atoms with Crippen molar-refractivity contribution in [3.8, 4) is 0 Å². The van der Waals surface area contributed by atoms with Gasteiger partial charge in [0, 0.05) is 5.75 Å². The van der Waals surface area contributed by atoms with E-state index < -0.39 is 36.4 Å². The molecule has 2 atom stereocenters. The summed E-state index contributed by atoms with van der Waals surface area (Å²) in [6.07, 6.45) is 0.336. The van der Waals surface area contributed by atoms with Gasteiger partial charge in [0.15, 0.2) is 0 Å². The van der Waals surface area contributed by atoms with Crippen molar-refractivity contribution in [1.82, 2.24) is 10.6 Å². The van der Waals surface area contributed by atoms with Crippen LogP contribution in [-0.2, 0) is 20.8 Å². The lowest BCUT2D eigenvalue weighted by atomic mass is 10.1. The Morgan fingerprint density at radius 2 is 1.82 bits per heavy atom. The number of benzene rings is 1. The van der Waals surface area contributed by atoms with Crippen LogP contribution < -0.4 is 16.4 Å². The van der Waals surface area contributed by atoms with Crippen LogP contribution in [0.1, 0.15) is 5.56 Å². The first-order valence-corrected chi connectivity index (χ1v) is 7.27. The number of nitrogens with two attached hydrogens (primary N) is 1. The van der Waals surface area contributed by atoms with E-state index in [2.05, 4.69) is 23.3 Å². The maximum atomic E-state index is 12.0. The quantitative estimate of drug-likeness (QED) is 0.400.